The van der Waals surface area contributed by atoms with Gasteiger partial charge in [-0.15, -0.1) is 11.3 Å². The molecule has 1 heterocycles. The van der Waals surface area contributed by atoms with Crippen LogP contribution >= 0.6 is 11.3 Å². The maximum atomic E-state index is 13.5. The Labute approximate surface area is 159 Å². The molecule has 3 aromatic rings. The van der Waals surface area contributed by atoms with Crippen LogP contribution in [0.1, 0.15) is 20.9 Å². The van der Waals surface area contributed by atoms with Crippen molar-refractivity contribution in [1.29, 1.82) is 0 Å². The predicted octanol–water partition coefficient (Wildman–Crippen LogP) is 2.97. The number of hydrogen-bond acceptors (Lipinski definition) is 4. The number of thiazole rings is 1. The molecule has 0 aliphatic heterocycles. The molecule has 0 aliphatic carbocycles. The molecule has 0 spiro atoms. The highest BCUT2D eigenvalue weighted by Crippen LogP contribution is 2.21. The molecule has 8 heteroatoms. The third-order valence-electron chi connectivity index (χ3n) is 3.87. The highest BCUT2D eigenvalue weighted by molar-refractivity contribution is 7.18. The van der Waals surface area contributed by atoms with E-state index in [4.69, 9.17) is 0 Å². The number of amides is 3. The van der Waals surface area contributed by atoms with Crippen LogP contribution in [0.15, 0.2) is 42.5 Å². The van der Waals surface area contributed by atoms with E-state index in [9.17, 15) is 14.0 Å². The molecule has 3 rings (SSSR count). The molecular formula is C19H19FN4O2S. The van der Waals surface area contributed by atoms with Crippen LogP contribution in [0.5, 0.6) is 0 Å². The molecule has 0 unspecified atom stereocenters. The Bertz CT molecular complexity index is 940. The molecule has 0 fully saturated rings. The predicted molar refractivity (Wildman–Crippen MR) is 103 cm³/mol. The number of nitrogens with one attached hydrogen (secondary N) is 3. The Morgan fingerprint density at radius 3 is 2.63 bits per heavy atom. The molecule has 2 aromatic carbocycles. The van der Waals surface area contributed by atoms with Gasteiger partial charge in [0.1, 0.15) is 10.8 Å². The lowest BCUT2D eigenvalue weighted by molar-refractivity contribution is 0.0953. The summed E-state index contributed by atoms with van der Waals surface area (Å²) in [7, 11) is 0. The van der Waals surface area contributed by atoms with Crippen molar-refractivity contribution in [1.82, 2.24) is 20.9 Å². The highest BCUT2D eigenvalue weighted by Gasteiger charge is 2.08. The van der Waals surface area contributed by atoms with Crippen LogP contribution in [0.3, 0.4) is 0 Å². The molecular weight excluding hydrogens is 367 g/mol. The quantitative estimate of drug-likeness (QED) is 0.570. The van der Waals surface area contributed by atoms with E-state index in [0.717, 1.165) is 15.2 Å². The summed E-state index contributed by atoms with van der Waals surface area (Å²) in [4.78, 5) is 28.2. The summed E-state index contributed by atoms with van der Waals surface area (Å²) < 4.78 is 14.6. The molecule has 1 aromatic heterocycles. The van der Waals surface area contributed by atoms with Crippen molar-refractivity contribution >= 4 is 33.5 Å². The average Bonchev–Trinajstić information content (AvgIpc) is 3.08. The molecule has 3 N–H and O–H groups in total. The number of fused-ring (bicyclic) bond motifs is 1. The van der Waals surface area contributed by atoms with Gasteiger partial charge in [-0.2, -0.15) is 0 Å². The Morgan fingerprint density at radius 1 is 1.07 bits per heavy atom. The van der Waals surface area contributed by atoms with Crippen molar-refractivity contribution in [3.63, 3.8) is 0 Å². The van der Waals surface area contributed by atoms with Crippen molar-refractivity contribution in [3.8, 4) is 0 Å². The average molecular weight is 386 g/mol. The van der Waals surface area contributed by atoms with Gasteiger partial charge in [0.15, 0.2) is 0 Å². The lowest BCUT2D eigenvalue weighted by Crippen LogP contribution is -2.40. The molecule has 0 aliphatic rings. The zero-order chi connectivity index (χ0) is 19.2. The number of hydrogen-bond donors (Lipinski definition) is 3. The van der Waals surface area contributed by atoms with Crippen molar-refractivity contribution < 1.29 is 14.0 Å². The van der Waals surface area contributed by atoms with E-state index in [1.54, 1.807) is 19.1 Å². The monoisotopic (exact) mass is 386 g/mol. The van der Waals surface area contributed by atoms with Crippen molar-refractivity contribution in [3.05, 3.63) is 64.4 Å². The summed E-state index contributed by atoms with van der Waals surface area (Å²) in [5.74, 6) is -0.805. The second-order valence-electron chi connectivity index (χ2n) is 5.90. The van der Waals surface area contributed by atoms with Crippen LogP contribution < -0.4 is 16.0 Å². The topological polar surface area (TPSA) is 83.1 Å². The summed E-state index contributed by atoms with van der Waals surface area (Å²) in [6.07, 6.45) is 0. The fourth-order valence-electron chi connectivity index (χ4n) is 2.40. The summed E-state index contributed by atoms with van der Waals surface area (Å²) >= 11 is 1.53. The van der Waals surface area contributed by atoms with Crippen molar-refractivity contribution in [2.24, 2.45) is 0 Å². The Hall–Kier alpha value is -3.00. The zero-order valence-corrected chi connectivity index (χ0v) is 15.5. The number of benzene rings is 2. The molecule has 0 bridgehead atoms. The number of rotatable bonds is 6. The van der Waals surface area contributed by atoms with E-state index in [1.165, 1.54) is 17.4 Å². The van der Waals surface area contributed by atoms with Gasteiger partial charge >= 0.3 is 6.03 Å². The van der Waals surface area contributed by atoms with E-state index >= 15 is 0 Å². The minimum Gasteiger partial charge on any atom is -0.350 e. The fourth-order valence-corrected chi connectivity index (χ4v) is 3.31. The third-order valence-corrected chi connectivity index (χ3v) is 4.90. The molecule has 0 saturated heterocycles. The van der Waals surface area contributed by atoms with Gasteiger partial charge in [0.2, 0.25) is 0 Å². The number of urea groups is 1. The molecule has 0 radical (unpaired) electrons. The van der Waals surface area contributed by atoms with Crippen LogP contribution in [-0.4, -0.2) is 30.0 Å². The van der Waals surface area contributed by atoms with E-state index in [2.05, 4.69) is 20.9 Å². The van der Waals surface area contributed by atoms with Gasteiger partial charge in [-0.1, -0.05) is 18.2 Å². The van der Waals surface area contributed by atoms with Crippen LogP contribution in [0.2, 0.25) is 0 Å². The molecule has 0 saturated carbocycles. The van der Waals surface area contributed by atoms with Gasteiger partial charge in [0.05, 0.1) is 16.8 Å². The van der Waals surface area contributed by atoms with E-state index in [0.29, 0.717) is 12.1 Å². The van der Waals surface area contributed by atoms with Gasteiger partial charge in [-0.3, -0.25) is 4.79 Å². The minimum atomic E-state index is -0.421. The van der Waals surface area contributed by atoms with Crippen LogP contribution in [0.4, 0.5) is 9.18 Å². The van der Waals surface area contributed by atoms with Gasteiger partial charge in [0.25, 0.3) is 5.91 Å². The SMILES string of the molecule is Cc1ccc(C(=O)NCCNC(=O)NCc2nc3ccccc3s2)cc1F. The Kier molecular flexibility index (Phi) is 5.97. The summed E-state index contributed by atoms with van der Waals surface area (Å²) in [5, 5.41) is 8.84. The third kappa shape index (κ3) is 5.01. The number of aryl methyl sites for hydroxylation is 1. The van der Waals surface area contributed by atoms with Gasteiger partial charge < -0.3 is 16.0 Å². The lowest BCUT2D eigenvalue weighted by Gasteiger charge is -2.08. The molecule has 0 atom stereocenters. The molecule has 6 nitrogen and oxygen atoms in total. The maximum Gasteiger partial charge on any atom is 0.315 e. The standard InChI is InChI=1S/C19H19FN4O2S/c1-12-6-7-13(10-14(12)20)18(25)21-8-9-22-19(26)23-11-17-24-15-4-2-3-5-16(15)27-17/h2-7,10H,8-9,11H2,1H3,(H,21,25)(H2,22,23,26). The normalized spacial score (nSPS) is 10.6. The highest BCUT2D eigenvalue weighted by atomic mass is 32.1. The fraction of sp³-hybridized carbons (Fsp3) is 0.211. The van der Waals surface area contributed by atoms with E-state index < -0.39 is 5.82 Å². The summed E-state index contributed by atoms with van der Waals surface area (Å²) in [6.45, 7) is 2.46. The number of halogens is 1. The number of aromatic nitrogens is 1. The Morgan fingerprint density at radius 2 is 1.85 bits per heavy atom. The van der Waals surface area contributed by atoms with Crippen LogP contribution in [-0.2, 0) is 6.54 Å². The van der Waals surface area contributed by atoms with Gasteiger partial charge in [0, 0.05) is 18.7 Å². The smallest absolute Gasteiger partial charge is 0.315 e. The summed E-state index contributed by atoms with van der Waals surface area (Å²) in [5.41, 5.74) is 1.64. The van der Waals surface area contributed by atoms with Crippen LogP contribution in [0.25, 0.3) is 10.2 Å². The lowest BCUT2D eigenvalue weighted by atomic mass is 10.1. The largest absolute Gasteiger partial charge is 0.350 e. The maximum absolute atomic E-state index is 13.5. The minimum absolute atomic E-state index is 0.239. The zero-order valence-electron chi connectivity index (χ0n) is 14.7. The van der Waals surface area contributed by atoms with Gasteiger partial charge in [-0.05, 0) is 36.8 Å². The first-order valence-electron chi connectivity index (χ1n) is 8.43. The molecule has 3 amide bonds. The first-order valence-corrected chi connectivity index (χ1v) is 9.25. The van der Waals surface area contributed by atoms with E-state index in [1.807, 2.05) is 24.3 Å². The van der Waals surface area contributed by atoms with Crippen LogP contribution in [0, 0.1) is 12.7 Å². The van der Waals surface area contributed by atoms with Gasteiger partial charge in [-0.25, -0.2) is 14.2 Å². The first kappa shape index (κ1) is 18.8. The number of carbonyl (C=O) groups excluding carboxylic acids is 2. The number of carbonyl (C=O) groups is 2. The molecule has 140 valence electrons. The summed E-state index contributed by atoms with van der Waals surface area (Å²) in [6, 6.07) is 11.8. The number of nitrogens with zero attached hydrogens (tertiary/aromatic N) is 1. The first-order chi connectivity index (χ1) is 13.0. The second kappa shape index (κ2) is 8.59. The van der Waals surface area contributed by atoms with E-state index in [-0.39, 0.29) is 30.6 Å². The molecule has 27 heavy (non-hydrogen) atoms. The number of para-hydroxylation sites is 1. The van der Waals surface area contributed by atoms with Crippen molar-refractivity contribution in [2.45, 2.75) is 13.5 Å². The second-order valence-corrected chi connectivity index (χ2v) is 7.02. The van der Waals surface area contributed by atoms with Crippen molar-refractivity contribution in [2.75, 3.05) is 13.1 Å². The Balaban J connectivity index is 1.37.